The fourth-order valence-corrected chi connectivity index (χ4v) is 3.88. The minimum absolute atomic E-state index is 1.04. The summed E-state index contributed by atoms with van der Waals surface area (Å²) in [6.45, 7) is 4.46. The molecule has 0 amide bonds. The van der Waals surface area contributed by atoms with Gasteiger partial charge < -0.3 is 0 Å². The van der Waals surface area contributed by atoms with Crippen LogP contribution in [0.5, 0.6) is 0 Å². The van der Waals surface area contributed by atoms with Crippen LogP contribution in [-0.4, -0.2) is 0 Å². The highest BCUT2D eigenvalue weighted by atomic mass is 79.9. The number of benzene rings is 2. The van der Waals surface area contributed by atoms with Gasteiger partial charge in [0, 0.05) is 4.47 Å². The minimum atomic E-state index is 1.04. The van der Waals surface area contributed by atoms with Crippen LogP contribution in [0.3, 0.4) is 0 Å². The van der Waals surface area contributed by atoms with E-state index in [1.54, 1.807) is 0 Å². The van der Waals surface area contributed by atoms with E-state index in [0.717, 1.165) is 6.42 Å². The van der Waals surface area contributed by atoms with Crippen LogP contribution in [0.15, 0.2) is 40.9 Å². The summed E-state index contributed by atoms with van der Waals surface area (Å²) in [6, 6.07) is 11.4. The van der Waals surface area contributed by atoms with Gasteiger partial charge in [-0.15, -0.1) is 0 Å². The van der Waals surface area contributed by atoms with Gasteiger partial charge in [-0.1, -0.05) is 65.7 Å². The standard InChI is InChI=1S/C20H21Br/c1-3-4-6-15-9-11-16(12-10-15)20-14(2)13-19(21)17-7-5-8-18(17)20/h5,7,9-13H,3-4,6,8H2,1-2H3. The summed E-state index contributed by atoms with van der Waals surface area (Å²) in [5, 5.41) is 0. The van der Waals surface area contributed by atoms with Crippen molar-refractivity contribution >= 4 is 22.0 Å². The molecule has 0 radical (unpaired) electrons. The molecule has 2 aromatic carbocycles. The van der Waals surface area contributed by atoms with Crippen LogP contribution in [0.4, 0.5) is 0 Å². The summed E-state index contributed by atoms with van der Waals surface area (Å²) in [7, 11) is 0. The van der Waals surface area contributed by atoms with Crippen LogP contribution in [0.2, 0.25) is 0 Å². The molecule has 0 unspecified atom stereocenters. The number of fused-ring (bicyclic) bond motifs is 1. The first-order valence-corrected chi connectivity index (χ1v) is 8.58. The Morgan fingerprint density at radius 2 is 1.90 bits per heavy atom. The van der Waals surface area contributed by atoms with Gasteiger partial charge in [-0.25, -0.2) is 0 Å². The van der Waals surface area contributed by atoms with Crippen LogP contribution in [0, 0.1) is 6.92 Å². The van der Waals surface area contributed by atoms with Crippen LogP contribution < -0.4 is 0 Å². The minimum Gasteiger partial charge on any atom is -0.0794 e. The maximum atomic E-state index is 3.69. The summed E-state index contributed by atoms with van der Waals surface area (Å²) >= 11 is 3.69. The van der Waals surface area contributed by atoms with Crippen molar-refractivity contribution in [2.75, 3.05) is 0 Å². The molecule has 0 heterocycles. The number of hydrogen-bond donors (Lipinski definition) is 0. The predicted octanol–water partition coefficient (Wildman–Crippen LogP) is 6.34. The summed E-state index contributed by atoms with van der Waals surface area (Å²) in [5.74, 6) is 0. The fourth-order valence-electron chi connectivity index (χ4n) is 3.16. The molecule has 0 aromatic heterocycles. The lowest BCUT2D eigenvalue weighted by Gasteiger charge is -2.15. The van der Waals surface area contributed by atoms with Crippen LogP contribution in [0.25, 0.3) is 17.2 Å². The monoisotopic (exact) mass is 340 g/mol. The third-order valence-corrected chi connectivity index (χ3v) is 4.95. The third kappa shape index (κ3) is 2.85. The molecular weight excluding hydrogens is 320 g/mol. The average molecular weight is 341 g/mol. The molecule has 0 atom stereocenters. The van der Waals surface area contributed by atoms with Gasteiger partial charge in [-0.3, -0.25) is 0 Å². The lowest BCUT2D eigenvalue weighted by molar-refractivity contribution is 0.795. The Hall–Kier alpha value is -1.34. The topological polar surface area (TPSA) is 0 Å². The molecule has 0 bridgehead atoms. The predicted molar refractivity (Wildman–Crippen MR) is 95.7 cm³/mol. The van der Waals surface area contributed by atoms with Crippen LogP contribution in [-0.2, 0) is 12.8 Å². The largest absolute Gasteiger partial charge is 0.0794 e. The van der Waals surface area contributed by atoms with Crippen LogP contribution in [0.1, 0.15) is 42.0 Å². The molecule has 0 nitrogen and oxygen atoms in total. The van der Waals surface area contributed by atoms with Gasteiger partial charge >= 0.3 is 0 Å². The van der Waals surface area contributed by atoms with Crippen molar-refractivity contribution in [3.05, 3.63) is 63.1 Å². The normalized spacial score (nSPS) is 12.7. The zero-order valence-electron chi connectivity index (χ0n) is 12.7. The van der Waals surface area contributed by atoms with E-state index in [1.165, 1.54) is 57.1 Å². The molecule has 0 spiro atoms. The second kappa shape index (κ2) is 6.19. The van der Waals surface area contributed by atoms with Gasteiger partial charge in [0.25, 0.3) is 0 Å². The maximum absolute atomic E-state index is 3.69. The Labute approximate surface area is 136 Å². The number of halogens is 1. The first-order valence-electron chi connectivity index (χ1n) is 7.78. The number of hydrogen-bond acceptors (Lipinski definition) is 0. The molecule has 21 heavy (non-hydrogen) atoms. The van der Waals surface area contributed by atoms with Crippen molar-refractivity contribution in [3.8, 4) is 11.1 Å². The highest BCUT2D eigenvalue weighted by Gasteiger charge is 2.17. The lowest BCUT2D eigenvalue weighted by Crippen LogP contribution is -1.94. The zero-order chi connectivity index (χ0) is 14.8. The summed E-state index contributed by atoms with van der Waals surface area (Å²) in [5.41, 5.74) is 8.38. The van der Waals surface area contributed by atoms with Gasteiger partial charge in [0.05, 0.1) is 0 Å². The van der Waals surface area contributed by atoms with E-state index in [4.69, 9.17) is 0 Å². The number of rotatable bonds is 4. The molecule has 1 aliphatic rings. The van der Waals surface area contributed by atoms with Gasteiger partial charge in [0.1, 0.15) is 0 Å². The number of unbranched alkanes of at least 4 members (excludes halogenated alkanes) is 1. The van der Waals surface area contributed by atoms with Gasteiger partial charge in [-0.2, -0.15) is 0 Å². The Morgan fingerprint density at radius 1 is 1.14 bits per heavy atom. The van der Waals surface area contributed by atoms with E-state index in [-0.39, 0.29) is 0 Å². The first kappa shape index (κ1) is 14.6. The molecule has 0 saturated carbocycles. The Balaban J connectivity index is 2.00. The zero-order valence-corrected chi connectivity index (χ0v) is 14.3. The van der Waals surface area contributed by atoms with Crippen LogP contribution >= 0.6 is 15.9 Å². The molecule has 0 saturated heterocycles. The quantitative estimate of drug-likeness (QED) is 0.609. The second-order valence-electron chi connectivity index (χ2n) is 5.85. The summed E-state index contributed by atoms with van der Waals surface area (Å²) in [6.07, 6.45) is 9.26. The SMILES string of the molecule is CCCCc1ccc(-c2c(C)cc(Br)c3c2CC=C3)cc1. The van der Waals surface area contributed by atoms with E-state index in [0.29, 0.717) is 0 Å². The van der Waals surface area contributed by atoms with E-state index in [9.17, 15) is 0 Å². The van der Waals surface area contributed by atoms with Gasteiger partial charge in [0.2, 0.25) is 0 Å². The molecule has 2 aromatic rings. The van der Waals surface area contributed by atoms with E-state index >= 15 is 0 Å². The molecule has 0 fully saturated rings. The smallest absolute Gasteiger partial charge is 0.0253 e. The second-order valence-corrected chi connectivity index (χ2v) is 6.70. The highest BCUT2D eigenvalue weighted by Crippen LogP contribution is 2.38. The van der Waals surface area contributed by atoms with Crippen molar-refractivity contribution < 1.29 is 0 Å². The molecular formula is C20H21Br. The molecule has 0 N–H and O–H groups in total. The highest BCUT2D eigenvalue weighted by molar-refractivity contribution is 9.10. The molecule has 108 valence electrons. The molecule has 0 aliphatic heterocycles. The number of aryl methyl sites for hydroxylation is 2. The molecule has 1 heteroatoms. The van der Waals surface area contributed by atoms with E-state index in [1.807, 2.05) is 0 Å². The first-order chi connectivity index (χ1) is 10.2. The van der Waals surface area contributed by atoms with Crippen molar-refractivity contribution in [1.82, 2.24) is 0 Å². The maximum Gasteiger partial charge on any atom is 0.0253 e. The van der Waals surface area contributed by atoms with Crippen molar-refractivity contribution in [2.24, 2.45) is 0 Å². The van der Waals surface area contributed by atoms with Crippen molar-refractivity contribution in [2.45, 2.75) is 39.5 Å². The molecule has 1 aliphatic carbocycles. The Morgan fingerprint density at radius 3 is 2.62 bits per heavy atom. The Bertz CT molecular complexity index is 678. The average Bonchev–Trinajstić information content (AvgIpc) is 2.96. The third-order valence-electron chi connectivity index (χ3n) is 4.29. The lowest BCUT2D eigenvalue weighted by atomic mass is 9.91. The molecule has 3 rings (SSSR count). The Kier molecular flexibility index (Phi) is 4.30. The summed E-state index contributed by atoms with van der Waals surface area (Å²) < 4.78 is 1.21. The summed E-state index contributed by atoms with van der Waals surface area (Å²) in [4.78, 5) is 0. The van der Waals surface area contributed by atoms with E-state index < -0.39 is 0 Å². The van der Waals surface area contributed by atoms with E-state index in [2.05, 4.69) is 72.3 Å². The number of allylic oxidation sites excluding steroid dienone is 1. The van der Waals surface area contributed by atoms with Crippen molar-refractivity contribution in [1.29, 1.82) is 0 Å². The van der Waals surface area contributed by atoms with Gasteiger partial charge in [-0.05, 0) is 65.6 Å². The van der Waals surface area contributed by atoms with Gasteiger partial charge in [0.15, 0.2) is 0 Å². The van der Waals surface area contributed by atoms with Crippen molar-refractivity contribution in [3.63, 3.8) is 0 Å². The fraction of sp³-hybridized carbons (Fsp3) is 0.300.